The van der Waals surface area contributed by atoms with Crippen LogP contribution in [0.4, 0.5) is 5.82 Å². The second-order valence-corrected chi connectivity index (χ2v) is 7.45. The fraction of sp³-hybridized carbons (Fsp3) is 0.333. The summed E-state index contributed by atoms with van der Waals surface area (Å²) < 4.78 is 10.9. The molecule has 0 saturated carbocycles. The van der Waals surface area contributed by atoms with Gasteiger partial charge in [0.15, 0.2) is 5.96 Å². The van der Waals surface area contributed by atoms with Crippen LogP contribution < -0.4 is 25.0 Å². The van der Waals surface area contributed by atoms with Gasteiger partial charge in [-0.05, 0) is 42.8 Å². The zero-order valence-corrected chi connectivity index (χ0v) is 19.1. The van der Waals surface area contributed by atoms with Crippen LogP contribution in [0.3, 0.4) is 0 Å². The van der Waals surface area contributed by atoms with E-state index in [1.807, 2.05) is 55.4 Å². The van der Waals surface area contributed by atoms with Crippen LogP contribution in [0.5, 0.6) is 11.5 Å². The van der Waals surface area contributed by atoms with E-state index in [0.29, 0.717) is 12.5 Å². The van der Waals surface area contributed by atoms with Crippen molar-refractivity contribution in [3.8, 4) is 11.5 Å². The zero-order valence-electron chi connectivity index (χ0n) is 19.1. The number of nitrogens with one attached hydrogen (secondary N) is 2. The van der Waals surface area contributed by atoms with Gasteiger partial charge in [0.05, 0.1) is 25.8 Å². The van der Waals surface area contributed by atoms with Crippen LogP contribution in [0, 0.1) is 0 Å². The number of hydrogen-bond acceptors (Lipinski definition) is 5. The predicted octanol–water partition coefficient (Wildman–Crippen LogP) is 3.74. The summed E-state index contributed by atoms with van der Waals surface area (Å²) >= 11 is 0. The number of benzene rings is 2. The first-order valence-electron chi connectivity index (χ1n) is 10.2. The van der Waals surface area contributed by atoms with Gasteiger partial charge in [0, 0.05) is 38.6 Å². The maximum absolute atomic E-state index is 5.53. The molecule has 0 aliphatic rings. The summed E-state index contributed by atoms with van der Waals surface area (Å²) in [6.07, 6.45) is 0. The van der Waals surface area contributed by atoms with Gasteiger partial charge in [-0.25, -0.2) is 4.98 Å². The lowest BCUT2D eigenvalue weighted by atomic mass is 10.1. The number of para-hydroxylation sites is 1. The lowest BCUT2D eigenvalue weighted by Crippen LogP contribution is -2.38. The quantitative estimate of drug-likeness (QED) is 0.447. The summed E-state index contributed by atoms with van der Waals surface area (Å²) in [5.74, 6) is 3.21. The minimum Gasteiger partial charge on any atom is -0.497 e. The zero-order chi connectivity index (χ0) is 22.4. The smallest absolute Gasteiger partial charge is 0.191 e. The van der Waals surface area contributed by atoms with Gasteiger partial charge >= 0.3 is 0 Å². The van der Waals surface area contributed by atoms with Gasteiger partial charge in [-0.2, -0.15) is 0 Å². The van der Waals surface area contributed by atoms with Crippen molar-refractivity contribution in [1.82, 2.24) is 15.6 Å². The molecule has 2 N–H and O–H groups in total. The number of anilines is 1. The number of hydrogen-bond donors (Lipinski definition) is 2. The van der Waals surface area contributed by atoms with Gasteiger partial charge < -0.3 is 25.0 Å². The second-order valence-electron chi connectivity index (χ2n) is 7.45. The fourth-order valence-corrected chi connectivity index (χ4v) is 3.44. The molecule has 0 bridgehead atoms. The van der Waals surface area contributed by atoms with Crippen molar-refractivity contribution < 1.29 is 9.47 Å². The number of rotatable bonds is 7. The third-order valence-corrected chi connectivity index (χ3v) is 5.17. The van der Waals surface area contributed by atoms with Crippen LogP contribution >= 0.6 is 0 Å². The van der Waals surface area contributed by atoms with E-state index in [9.17, 15) is 0 Å². The number of guanidine groups is 1. The fourth-order valence-electron chi connectivity index (χ4n) is 3.44. The molecule has 1 heterocycles. The van der Waals surface area contributed by atoms with E-state index < -0.39 is 0 Å². The number of fused-ring (bicyclic) bond motifs is 1. The Morgan fingerprint density at radius 1 is 1.10 bits per heavy atom. The highest BCUT2D eigenvalue weighted by atomic mass is 16.5. The van der Waals surface area contributed by atoms with E-state index in [2.05, 4.69) is 34.7 Å². The molecule has 0 radical (unpaired) electrons. The first-order chi connectivity index (χ1) is 15.0. The summed E-state index contributed by atoms with van der Waals surface area (Å²) in [7, 11) is 9.09. The molecule has 0 amide bonds. The molecule has 31 heavy (non-hydrogen) atoms. The van der Waals surface area contributed by atoms with Crippen LogP contribution in [-0.4, -0.2) is 46.3 Å². The van der Waals surface area contributed by atoms with E-state index in [0.717, 1.165) is 39.3 Å². The monoisotopic (exact) mass is 421 g/mol. The molecule has 0 aliphatic heterocycles. The van der Waals surface area contributed by atoms with Crippen LogP contribution in [0.25, 0.3) is 10.9 Å². The predicted molar refractivity (Wildman–Crippen MR) is 127 cm³/mol. The molecule has 0 aliphatic carbocycles. The van der Waals surface area contributed by atoms with E-state index in [4.69, 9.17) is 14.5 Å². The van der Waals surface area contributed by atoms with Crippen LogP contribution in [0.2, 0.25) is 0 Å². The van der Waals surface area contributed by atoms with E-state index in [1.54, 1.807) is 21.3 Å². The standard InChI is InChI=1S/C24H31N5O2/c1-16(20-14-18(30-5)11-12-22(20)31-6)27-24(25-2)26-15-17-13-23(29(3)4)28-21-10-8-7-9-19(17)21/h7-14,16H,15H2,1-6H3,(H2,25,26,27). The lowest BCUT2D eigenvalue weighted by Gasteiger charge is -2.21. The van der Waals surface area contributed by atoms with Gasteiger partial charge in [0.1, 0.15) is 17.3 Å². The van der Waals surface area contributed by atoms with Crippen molar-refractivity contribution in [3.05, 3.63) is 59.7 Å². The Bertz CT molecular complexity index is 1070. The Morgan fingerprint density at radius 2 is 1.87 bits per heavy atom. The Kier molecular flexibility index (Phi) is 7.18. The molecule has 0 spiro atoms. The van der Waals surface area contributed by atoms with Crippen molar-refractivity contribution in [1.29, 1.82) is 0 Å². The van der Waals surface area contributed by atoms with Gasteiger partial charge in [-0.3, -0.25) is 4.99 Å². The lowest BCUT2D eigenvalue weighted by molar-refractivity contribution is 0.394. The molecule has 7 heteroatoms. The number of methoxy groups -OCH3 is 2. The van der Waals surface area contributed by atoms with E-state index in [-0.39, 0.29) is 6.04 Å². The van der Waals surface area contributed by atoms with Gasteiger partial charge in [-0.1, -0.05) is 18.2 Å². The van der Waals surface area contributed by atoms with Gasteiger partial charge in [0.2, 0.25) is 0 Å². The second kappa shape index (κ2) is 10.0. The number of aromatic nitrogens is 1. The number of nitrogens with zero attached hydrogens (tertiary/aromatic N) is 3. The number of aliphatic imine (C=N–C) groups is 1. The molecular weight excluding hydrogens is 390 g/mol. The third kappa shape index (κ3) is 5.17. The molecule has 0 saturated heterocycles. The number of pyridine rings is 1. The maximum atomic E-state index is 5.53. The third-order valence-electron chi connectivity index (χ3n) is 5.17. The van der Waals surface area contributed by atoms with Crippen LogP contribution in [-0.2, 0) is 6.54 Å². The molecule has 1 aromatic heterocycles. The topological polar surface area (TPSA) is 71.0 Å². The highest BCUT2D eigenvalue weighted by molar-refractivity contribution is 5.85. The minimum absolute atomic E-state index is 0.0391. The normalized spacial score (nSPS) is 12.4. The van der Waals surface area contributed by atoms with Crippen LogP contribution in [0.1, 0.15) is 24.1 Å². The summed E-state index contributed by atoms with van der Waals surface area (Å²) in [5, 5.41) is 8.00. The Balaban J connectivity index is 1.79. The first-order valence-corrected chi connectivity index (χ1v) is 10.2. The Morgan fingerprint density at radius 3 is 2.55 bits per heavy atom. The minimum atomic E-state index is -0.0391. The van der Waals surface area contributed by atoms with Crippen LogP contribution in [0.15, 0.2) is 53.5 Å². The largest absolute Gasteiger partial charge is 0.497 e. The van der Waals surface area contributed by atoms with Crippen molar-refractivity contribution in [3.63, 3.8) is 0 Å². The summed E-state index contributed by atoms with van der Waals surface area (Å²) in [6.45, 7) is 2.68. The van der Waals surface area contributed by atoms with E-state index >= 15 is 0 Å². The molecule has 3 aromatic rings. The molecule has 164 valence electrons. The molecule has 1 unspecified atom stereocenters. The maximum Gasteiger partial charge on any atom is 0.191 e. The average molecular weight is 422 g/mol. The summed E-state index contributed by atoms with van der Waals surface area (Å²) in [6, 6.07) is 16.0. The molecule has 2 aromatic carbocycles. The average Bonchev–Trinajstić information content (AvgIpc) is 2.80. The molecular formula is C24H31N5O2. The Hall–Kier alpha value is -3.48. The van der Waals surface area contributed by atoms with E-state index in [1.165, 1.54) is 0 Å². The van der Waals surface area contributed by atoms with Crippen molar-refractivity contribution in [2.75, 3.05) is 40.3 Å². The highest BCUT2D eigenvalue weighted by Crippen LogP contribution is 2.29. The van der Waals surface area contributed by atoms with Gasteiger partial charge in [-0.15, -0.1) is 0 Å². The van der Waals surface area contributed by atoms with Crippen molar-refractivity contribution >= 4 is 22.7 Å². The van der Waals surface area contributed by atoms with Crippen molar-refractivity contribution in [2.45, 2.75) is 19.5 Å². The summed E-state index contributed by atoms with van der Waals surface area (Å²) in [5.41, 5.74) is 3.13. The number of ether oxygens (including phenoxy) is 2. The highest BCUT2D eigenvalue weighted by Gasteiger charge is 2.15. The SMILES string of the molecule is CN=C(NCc1cc(N(C)C)nc2ccccc12)NC(C)c1cc(OC)ccc1OC. The molecule has 7 nitrogen and oxygen atoms in total. The Labute approximate surface area is 184 Å². The van der Waals surface area contributed by atoms with Gasteiger partial charge in [0.25, 0.3) is 0 Å². The summed E-state index contributed by atoms with van der Waals surface area (Å²) in [4.78, 5) is 11.1. The van der Waals surface area contributed by atoms with Crippen molar-refractivity contribution in [2.24, 2.45) is 4.99 Å². The molecule has 1 atom stereocenters. The first kappa shape index (κ1) is 22.2. The molecule has 3 rings (SSSR count). The molecule has 0 fully saturated rings.